The van der Waals surface area contributed by atoms with E-state index in [1.807, 2.05) is 0 Å². The van der Waals surface area contributed by atoms with Gasteiger partial charge in [-0.15, -0.1) is 0 Å². The number of carbonyl (C=O) groups excluding carboxylic acids is 4. The third-order valence-corrected chi connectivity index (χ3v) is 7.13. The molecule has 1 saturated carbocycles. The maximum Gasteiger partial charge on any atom is 0.305 e. The molecular weight excluding hydrogens is 472 g/mol. The molecule has 0 aromatic heterocycles. The van der Waals surface area contributed by atoms with Crippen LogP contribution in [0, 0.1) is 11.8 Å². The Hall–Kier alpha value is -3.96. The molecule has 11 heteroatoms. The molecular formula is C25H26N2O9. The summed E-state index contributed by atoms with van der Waals surface area (Å²) in [6, 6.07) is 2.86. The van der Waals surface area contributed by atoms with Gasteiger partial charge in [0.15, 0.2) is 11.4 Å². The maximum atomic E-state index is 13.9. The highest BCUT2D eigenvalue weighted by Gasteiger charge is 2.69. The van der Waals surface area contributed by atoms with Crippen LogP contribution < -0.4 is 5.73 Å². The summed E-state index contributed by atoms with van der Waals surface area (Å²) in [5.74, 6) is -9.59. The average molecular weight is 498 g/mol. The smallest absolute Gasteiger partial charge is 0.305 e. The summed E-state index contributed by atoms with van der Waals surface area (Å²) in [5.41, 5.74) is 1.17. The van der Waals surface area contributed by atoms with E-state index >= 15 is 0 Å². The molecule has 4 rings (SSSR count). The number of aromatic hydroxyl groups is 1. The number of hydrogen-bond donors (Lipinski definition) is 5. The molecule has 5 atom stereocenters. The van der Waals surface area contributed by atoms with Crippen LogP contribution in [0.1, 0.15) is 24.5 Å². The average Bonchev–Trinajstić information content (AvgIpc) is 2.80. The van der Waals surface area contributed by atoms with Gasteiger partial charge in [-0.25, -0.2) is 0 Å². The lowest BCUT2D eigenvalue weighted by Gasteiger charge is -2.53. The summed E-state index contributed by atoms with van der Waals surface area (Å²) < 4.78 is 5.68. The highest BCUT2D eigenvalue weighted by atomic mass is 16.5. The van der Waals surface area contributed by atoms with E-state index in [1.165, 1.54) is 44.1 Å². The molecule has 0 bridgehead atoms. The van der Waals surface area contributed by atoms with Gasteiger partial charge in [-0.05, 0) is 31.3 Å². The van der Waals surface area contributed by atoms with Crippen LogP contribution in [0.4, 0.5) is 0 Å². The van der Waals surface area contributed by atoms with Crippen molar-refractivity contribution in [3.8, 4) is 5.75 Å². The Bertz CT molecular complexity index is 1310. The van der Waals surface area contributed by atoms with Gasteiger partial charge in [-0.2, -0.15) is 0 Å². The van der Waals surface area contributed by atoms with E-state index in [-0.39, 0.29) is 28.9 Å². The Labute approximate surface area is 205 Å². The zero-order valence-corrected chi connectivity index (χ0v) is 19.8. The highest BCUT2D eigenvalue weighted by Crippen LogP contribution is 2.56. The summed E-state index contributed by atoms with van der Waals surface area (Å²) in [4.78, 5) is 53.2. The van der Waals surface area contributed by atoms with Crippen molar-refractivity contribution in [1.29, 1.82) is 0 Å². The summed E-state index contributed by atoms with van der Waals surface area (Å²) in [7, 11) is 2.89. The summed E-state index contributed by atoms with van der Waals surface area (Å²) in [5, 5.41) is 44.4. The molecule has 6 N–H and O–H groups in total. The number of aliphatic hydroxyl groups is 3. The molecule has 0 aliphatic heterocycles. The topological polar surface area (TPSA) is 188 Å². The molecule has 1 amide bonds. The van der Waals surface area contributed by atoms with Crippen LogP contribution in [0.25, 0.3) is 11.3 Å². The Kier molecular flexibility index (Phi) is 5.81. The van der Waals surface area contributed by atoms with Crippen molar-refractivity contribution in [2.24, 2.45) is 17.6 Å². The van der Waals surface area contributed by atoms with E-state index in [9.17, 15) is 39.6 Å². The molecule has 3 aliphatic carbocycles. The lowest BCUT2D eigenvalue weighted by molar-refractivity contribution is -0.181. The quantitative estimate of drug-likeness (QED) is 0.286. The number of primary amides is 1. The third-order valence-electron chi connectivity index (χ3n) is 7.13. The van der Waals surface area contributed by atoms with Gasteiger partial charge in [0.1, 0.15) is 28.9 Å². The second kappa shape index (κ2) is 8.32. The first-order chi connectivity index (χ1) is 16.8. The number of rotatable bonds is 4. The van der Waals surface area contributed by atoms with Crippen LogP contribution in [0.3, 0.4) is 0 Å². The molecule has 1 fully saturated rings. The van der Waals surface area contributed by atoms with E-state index in [0.29, 0.717) is 0 Å². The standard InChI is InChI=1S/C25H26N2O9/c1-5-12(29)36-21-13-9(2)10-7-6-8-11(28)14(10)19(30)15(13)22(32)25(35)17(21)18(27(3)4)20(31)16(23(25)33)24(26)34/h6-8,13,17-18,21,28,30,33,35H,2,5H2,1,3-4H3,(H2,26,34)/t13-,17-,18+,21+,25+/m0/s1. The van der Waals surface area contributed by atoms with Crippen molar-refractivity contribution in [3.05, 3.63) is 52.8 Å². The maximum absolute atomic E-state index is 13.9. The van der Waals surface area contributed by atoms with Gasteiger partial charge in [0.05, 0.1) is 29.0 Å². The van der Waals surface area contributed by atoms with Crippen molar-refractivity contribution < 1.29 is 44.3 Å². The zero-order chi connectivity index (χ0) is 26.9. The fourth-order valence-electron chi connectivity index (χ4n) is 5.56. The molecule has 0 radical (unpaired) electrons. The Morgan fingerprint density at radius 2 is 1.83 bits per heavy atom. The van der Waals surface area contributed by atoms with Crippen molar-refractivity contribution >= 4 is 34.8 Å². The summed E-state index contributed by atoms with van der Waals surface area (Å²) in [6.07, 6.45) is -1.60. The molecule has 0 unspecified atom stereocenters. The predicted octanol–water partition coefficient (Wildman–Crippen LogP) is 0.366. The van der Waals surface area contributed by atoms with E-state index < -0.39 is 75.7 Å². The van der Waals surface area contributed by atoms with Crippen LogP contribution in [0.15, 0.2) is 41.7 Å². The molecule has 36 heavy (non-hydrogen) atoms. The molecule has 3 aliphatic rings. The number of fused-ring (bicyclic) bond motifs is 3. The van der Waals surface area contributed by atoms with Crippen LogP contribution in [0.5, 0.6) is 5.75 Å². The lowest BCUT2D eigenvalue weighted by atomic mass is 9.55. The SMILES string of the molecule is C=C1c2cccc(O)c2C(O)=C2C(=O)[C@@]3(O)C(O)=C(C(N)=O)C(=O)[C@H](N(C)C)[C@H]3[C@H](OC(=O)CC)[C@@H]12. The van der Waals surface area contributed by atoms with Crippen molar-refractivity contribution in [2.45, 2.75) is 31.1 Å². The largest absolute Gasteiger partial charge is 0.508 e. The van der Waals surface area contributed by atoms with Gasteiger partial charge < -0.3 is 30.9 Å². The Balaban J connectivity index is 2.12. The second-order valence-electron chi connectivity index (χ2n) is 9.25. The number of benzene rings is 1. The number of nitrogens with zero attached hydrogens (tertiary/aromatic N) is 1. The molecule has 1 aromatic carbocycles. The van der Waals surface area contributed by atoms with Gasteiger partial charge in [-0.1, -0.05) is 25.6 Å². The number of amides is 1. The number of carbonyl (C=O) groups is 4. The number of nitrogens with two attached hydrogens (primary N) is 1. The minimum Gasteiger partial charge on any atom is -0.508 e. The van der Waals surface area contributed by atoms with E-state index in [2.05, 4.69) is 6.58 Å². The number of Topliss-reactive ketones (excluding diaryl/α,β-unsaturated/α-hetero) is 2. The van der Waals surface area contributed by atoms with E-state index in [0.717, 1.165) is 0 Å². The third kappa shape index (κ3) is 3.12. The van der Waals surface area contributed by atoms with Crippen LogP contribution in [-0.2, 0) is 23.9 Å². The fourth-order valence-corrected chi connectivity index (χ4v) is 5.56. The molecule has 1 aromatic rings. The van der Waals surface area contributed by atoms with Gasteiger partial charge in [0.2, 0.25) is 5.78 Å². The fraction of sp³-hybridized carbons (Fsp3) is 0.360. The number of esters is 1. The first kappa shape index (κ1) is 25.1. The lowest BCUT2D eigenvalue weighted by Crippen LogP contribution is -2.70. The van der Waals surface area contributed by atoms with Crippen LogP contribution in [0.2, 0.25) is 0 Å². The van der Waals surface area contributed by atoms with Gasteiger partial charge >= 0.3 is 5.97 Å². The second-order valence-corrected chi connectivity index (χ2v) is 9.25. The Morgan fingerprint density at radius 1 is 1.19 bits per heavy atom. The number of likely N-dealkylation sites (N-methyl/N-ethyl adjacent to an activating group) is 1. The Morgan fingerprint density at radius 3 is 2.39 bits per heavy atom. The van der Waals surface area contributed by atoms with Gasteiger partial charge in [-0.3, -0.25) is 24.1 Å². The first-order valence-electron chi connectivity index (χ1n) is 11.2. The van der Waals surface area contributed by atoms with Crippen molar-refractivity contribution in [3.63, 3.8) is 0 Å². The number of aliphatic hydroxyl groups excluding tert-OH is 2. The van der Waals surface area contributed by atoms with Crippen molar-refractivity contribution in [1.82, 2.24) is 4.90 Å². The van der Waals surface area contributed by atoms with Gasteiger partial charge in [0.25, 0.3) is 5.91 Å². The molecule has 0 saturated heterocycles. The number of phenolic OH excluding ortho intramolecular Hbond substituents is 1. The normalized spacial score (nSPS) is 29.6. The molecule has 11 nitrogen and oxygen atoms in total. The summed E-state index contributed by atoms with van der Waals surface area (Å²) >= 11 is 0. The first-order valence-corrected chi connectivity index (χ1v) is 11.2. The minimum absolute atomic E-state index is 0.105. The van der Waals surface area contributed by atoms with Crippen molar-refractivity contribution in [2.75, 3.05) is 14.1 Å². The van der Waals surface area contributed by atoms with Crippen LogP contribution in [-0.4, -0.2) is 80.6 Å². The van der Waals surface area contributed by atoms with E-state index in [4.69, 9.17) is 10.5 Å². The predicted molar refractivity (Wildman–Crippen MR) is 125 cm³/mol. The minimum atomic E-state index is -2.98. The number of hydrogen-bond acceptors (Lipinski definition) is 10. The molecule has 0 heterocycles. The summed E-state index contributed by atoms with van der Waals surface area (Å²) in [6.45, 7) is 5.53. The molecule has 190 valence electrons. The zero-order valence-electron chi connectivity index (χ0n) is 19.8. The number of ketones is 2. The molecule has 0 spiro atoms. The number of ether oxygens (including phenoxy) is 1. The monoisotopic (exact) mass is 498 g/mol. The van der Waals surface area contributed by atoms with Gasteiger partial charge in [0, 0.05) is 6.42 Å². The highest BCUT2D eigenvalue weighted by molar-refractivity contribution is 6.25. The van der Waals surface area contributed by atoms with E-state index in [1.54, 1.807) is 0 Å². The number of phenols is 1. The van der Waals surface area contributed by atoms with Crippen LogP contribution >= 0.6 is 0 Å².